The van der Waals surface area contributed by atoms with Gasteiger partial charge in [-0.25, -0.2) is 4.98 Å². The highest BCUT2D eigenvalue weighted by Gasteiger charge is 2.30. The Morgan fingerprint density at radius 1 is 1.30 bits per heavy atom. The zero-order chi connectivity index (χ0) is 14.5. The fourth-order valence-electron chi connectivity index (χ4n) is 2.86. The Balaban J connectivity index is 1.88. The Morgan fingerprint density at radius 2 is 2.10 bits per heavy atom. The lowest BCUT2D eigenvalue weighted by molar-refractivity contribution is 0.249. The maximum Gasteiger partial charge on any atom is 0.144 e. The Hall–Kier alpha value is -1.20. The average molecular weight is 277 g/mol. The van der Waals surface area contributed by atoms with Crippen molar-refractivity contribution in [3.05, 3.63) is 18.1 Å². The average Bonchev–Trinajstić information content (AvgIpc) is 2.79. The molecule has 112 valence electrons. The van der Waals surface area contributed by atoms with Crippen molar-refractivity contribution in [3.63, 3.8) is 0 Å². The summed E-state index contributed by atoms with van der Waals surface area (Å²) in [5.41, 5.74) is 1.05. The van der Waals surface area contributed by atoms with E-state index in [1.54, 1.807) is 0 Å². The summed E-state index contributed by atoms with van der Waals surface area (Å²) in [6.07, 6.45) is 4.83. The van der Waals surface area contributed by atoms with Crippen molar-refractivity contribution in [1.82, 2.24) is 19.8 Å². The van der Waals surface area contributed by atoms with Crippen molar-refractivity contribution in [2.24, 2.45) is 5.92 Å². The van der Waals surface area contributed by atoms with Gasteiger partial charge in [0.2, 0.25) is 0 Å². The van der Waals surface area contributed by atoms with Gasteiger partial charge in [-0.3, -0.25) is 9.88 Å². The third-order valence-corrected chi connectivity index (χ3v) is 3.96. The molecule has 0 bridgehead atoms. The summed E-state index contributed by atoms with van der Waals surface area (Å²) in [5, 5.41) is 3.25. The highest BCUT2D eigenvalue weighted by Crippen LogP contribution is 2.21. The Morgan fingerprint density at radius 3 is 2.65 bits per heavy atom. The molecule has 5 nitrogen and oxygen atoms in total. The van der Waals surface area contributed by atoms with E-state index >= 15 is 0 Å². The van der Waals surface area contributed by atoms with E-state index in [-0.39, 0.29) is 0 Å². The lowest BCUT2D eigenvalue weighted by atomic mass is 10.1. The minimum Gasteiger partial charge on any atom is -0.369 e. The molecule has 2 atom stereocenters. The fraction of sp³-hybridized carbons (Fsp3) is 0.733. The van der Waals surface area contributed by atoms with Crippen molar-refractivity contribution in [1.29, 1.82) is 0 Å². The Labute approximate surface area is 122 Å². The van der Waals surface area contributed by atoms with Gasteiger partial charge in [-0.05, 0) is 26.4 Å². The largest absolute Gasteiger partial charge is 0.369 e. The SMILES string of the molecule is CCCNc1cnc(CN2CC(C)C(N(C)C)C2)cn1. The molecular formula is C15H27N5. The van der Waals surface area contributed by atoms with Gasteiger partial charge in [0.25, 0.3) is 0 Å². The number of hydrogen-bond acceptors (Lipinski definition) is 5. The van der Waals surface area contributed by atoms with Gasteiger partial charge in [0.1, 0.15) is 5.82 Å². The molecular weight excluding hydrogens is 250 g/mol. The number of anilines is 1. The normalized spacial score (nSPS) is 23.4. The molecule has 20 heavy (non-hydrogen) atoms. The lowest BCUT2D eigenvalue weighted by Gasteiger charge is -2.22. The summed E-state index contributed by atoms with van der Waals surface area (Å²) in [4.78, 5) is 13.7. The van der Waals surface area contributed by atoms with Crippen LogP contribution in [0.5, 0.6) is 0 Å². The molecule has 0 aromatic carbocycles. The van der Waals surface area contributed by atoms with E-state index in [4.69, 9.17) is 0 Å². The maximum absolute atomic E-state index is 4.51. The quantitative estimate of drug-likeness (QED) is 0.857. The predicted octanol–water partition coefficient (Wildman–Crippen LogP) is 1.68. The van der Waals surface area contributed by atoms with Crippen LogP contribution in [-0.2, 0) is 6.54 Å². The zero-order valence-electron chi connectivity index (χ0n) is 13.1. The molecule has 0 spiro atoms. The van der Waals surface area contributed by atoms with Gasteiger partial charge in [-0.1, -0.05) is 13.8 Å². The van der Waals surface area contributed by atoms with Crippen LogP contribution < -0.4 is 5.32 Å². The van der Waals surface area contributed by atoms with Crippen LogP contribution in [0.15, 0.2) is 12.4 Å². The topological polar surface area (TPSA) is 44.3 Å². The molecule has 1 aromatic rings. The summed E-state index contributed by atoms with van der Waals surface area (Å²) in [6, 6.07) is 0.647. The molecule has 2 rings (SSSR count). The molecule has 1 N–H and O–H groups in total. The first-order chi connectivity index (χ1) is 9.60. The van der Waals surface area contributed by atoms with Crippen LogP contribution in [0.3, 0.4) is 0 Å². The zero-order valence-corrected chi connectivity index (χ0v) is 13.1. The standard InChI is InChI=1S/C15H27N5/c1-5-6-16-15-8-17-13(7-18-15)10-20-9-12(2)14(11-20)19(3)4/h7-8,12,14H,5-6,9-11H2,1-4H3,(H,16,18). The second kappa shape index (κ2) is 6.99. The van der Waals surface area contributed by atoms with Crippen LogP contribution in [0.4, 0.5) is 5.82 Å². The lowest BCUT2D eigenvalue weighted by Crippen LogP contribution is -2.34. The monoisotopic (exact) mass is 277 g/mol. The highest BCUT2D eigenvalue weighted by molar-refractivity contribution is 5.30. The van der Waals surface area contributed by atoms with Crippen molar-refractivity contribution < 1.29 is 0 Å². The van der Waals surface area contributed by atoms with E-state index in [2.05, 4.69) is 53.0 Å². The van der Waals surface area contributed by atoms with Crippen LogP contribution in [0.25, 0.3) is 0 Å². The van der Waals surface area contributed by atoms with E-state index < -0.39 is 0 Å². The fourth-order valence-corrected chi connectivity index (χ4v) is 2.86. The second-order valence-corrected chi connectivity index (χ2v) is 6.02. The van der Waals surface area contributed by atoms with Gasteiger partial charge in [-0.15, -0.1) is 0 Å². The maximum atomic E-state index is 4.51. The molecule has 0 radical (unpaired) electrons. The third-order valence-electron chi connectivity index (χ3n) is 3.96. The molecule has 5 heteroatoms. The second-order valence-electron chi connectivity index (χ2n) is 6.02. The number of rotatable bonds is 6. The summed E-state index contributed by atoms with van der Waals surface area (Å²) in [6.45, 7) is 8.57. The number of hydrogen-bond donors (Lipinski definition) is 1. The van der Waals surface area contributed by atoms with E-state index in [9.17, 15) is 0 Å². The number of aromatic nitrogens is 2. The summed E-state index contributed by atoms with van der Waals surface area (Å²) in [7, 11) is 4.33. The van der Waals surface area contributed by atoms with Crippen LogP contribution in [0, 0.1) is 5.92 Å². The molecule has 2 heterocycles. The van der Waals surface area contributed by atoms with E-state index in [0.29, 0.717) is 12.0 Å². The smallest absolute Gasteiger partial charge is 0.144 e. The highest BCUT2D eigenvalue weighted by atomic mass is 15.2. The van der Waals surface area contributed by atoms with Gasteiger partial charge in [-0.2, -0.15) is 0 Å². The first-order valence-electron chi connectivity index (χ1n) is 7.53. The van der Waals surface area contributed by atoms with Crippen LogP contribution in [-0.4, -0.2) is 59.5 Å². The number of likely N-dealkylation sites (tertiary alicyclic amines) is 1. The van der Waals surface area contributed by atoms with Gasteiger partial charge in [0, 0.05) is 32.2 Å². The van der Waals surface area contributed by atoms with Crippen molar-refractivity contribution >= 4 is 5.82 Å². The number of nitrogens with zero attached hydrogens (tertiary/aromatic N) is 4. The van der Waals surface area contributed by atoms with Crippen LogP contribution in [0.2, 0.25) is 0 Å². The van der Waals surface area contributed by atoms with E-state index in [1.807, 2.05) is 12.4 Å². The van der Waals surface area contributed by atoms with Crippen molar-refractivity contribution in [3.8, 4) is 0 Å². The molecule has 0 amide bonds. The van der Waals surface area contributed by atoms with E-state index in [0.717, 1.165) is 44.1 Å². The molecule has 1 saturated heterocycles. The van der Waals surface area contributed by atoms with E-state index in [1.165, 1.54) is 0 Å². The molecule has 1 aromatic heterocycles. The molecule has 1 aliphatic rings. The summed E-state index contributed by atoms with van der Waals surface area (Å²) in [5.74, 6) is 1.58. The van der Waals surface area contributed by atoms with Gasteiger partial charge in [0.15, 0.2) is 0 Å². The molecule has 0 aliphatic carbocycles. The Bertz CT molecular complexity index is 403. The van der Waals surface area contributed by atoms with Crippen molar-refractivity contribution in [2.45, 2.75) is 32.9 Å². The van der Waals surface area contributed by atoms with Crippen molar-refractivity contribution in [2.75, 3.05) is 39.0 Å². The number of likely N-dealkylation sites (N-methyl/N-ethyl adjacent to an activating group) is 1. The Kier molecular flexibility index (Phi) is 5.31. The molecule has 1 aliphatic heterocycles. The van der Waals surface area contributed by atoms with Gasteiger partial charge >= 0.3 is 0 Å². The van der Waals surface area contributed by atoms with Gasteiger partial charge in [0.05, 0.1) is 18.1 Å². The molecule has 0 saturated carbocycles. The van der Waals surface area contributed by atoms with Gasteiger partial charge < -0.3 is 10.2 Å². The molecule has 2 unspecified atom stereocenters. The minimum absolute atomic E-state index is 0.647. The number of nitrogens with one attached hydrogen (secondary N) is 1. The van der Waals surface area contributed by atoms with Crippen LogP contribution in [0.1, 0.15) is 26.0 Å². The third kappa shape index (κ3) is 3.90. The molecule has 1 fully saturated rings. The predicted molar refractivity (Wildman–Crippen MR) is 82.7 cm³/mol. The minimum atomic E-state index is 0.647. The summed E-state index contributed by atoms with van der Waals surface area (Å²) < 4.78 is 0. The first-order valence-corrected chi connectivity index (χ1v) is 7.53. The first kappa shape index (κ1) is 15.2. The van der Waals surface area contributed by atoms with Crippen LogP contribution >= 0.6 is 0 Å². The summed E-state index contributed by atoms with van der Waals surface area (Å²) >= 11 is 0.